The molecule has 0 radical (unpaired) electrons. The van der Waals surface area contributed by atoms with E-state index in [0.717, 1.165) is 24.2 Å². The molecule has 190 valence electrons. The van der Waals surface area contributed by atoms with E-state index >= 15 is 0 Å². The van der Waals surface area contributed by atoms with E-state index in [1.165, 1.54) is 7.11 Å². The van der Waals surface area contributed by atoms with Crippen LogP contribution in [0.25, 0.3) is 0 Å². The fourth-order valence-electron chi connectivity index (χ4n) is 3.75. The Hall–Kier alpha value is -4.21. The third kappa shape index (κ3) is 5.88. The fourth-order valence-corrected chi connectivity index (χ4v) is 3.75. The van der Waals surface area contributed by atoms with E-state index in [1.807, 2.05) is 36.0 Å². The number of anilines is 1. The molecule has 2 heterocycles. The number of methoxy groups -OCH3 is 2. The first kappa shape index (κ1) is 24.9. The summed E-state index contributed by atoms with van der Waals surface area (Å²) in [6.07, 6.45) is 2.97. The molecule has 0 atom stereocenters. The van der Waals surface area contributed by atoms with Crippen molar-refractivity contribution in [2.45, 2.75) is 33.4 Å². The molecule has 2 aromatic carbocycles. The fraction of sp³-hybridized carbons (Fsp3) is 0.346. The summed E-state index contributed by atoms with van der Waals surface area (Å²) < 4.78 is 23.8. The Labute approximate surface area is 210 Å². The molecule has 1 aliphatic heterocycles. The minimum atomic E-state index is -0.349. The number of nitrogens with zero attached hydrogens (tertiary/aromatic N) is 3. The molecule has 4 rings (SSSR count). The van der Waals surface area contributed by atoms with Crippen LogP contribution in [0.1, 0.15) is 35.0 Å². The van der Waals surface area contributed by atoms with E-state index in [0.29, 0.717) is 54.0 Å². The Kier molecular flexibility index (Phi) is 7.94. The number of guanidine groups is 1. The van der Waals surface area contributed by atoms with Gasteiger partial charge in [-0.05, 0) is 43.7 Å². The van der Waals surface area contributed by atoms with Crippen LogP contribution in [-0.2, 0) is 13.1 Å². The third-order valence-electron chi connectivity index (χ3n) is 5.59. The zero-order valence-corrected chi connectivity index (χ0v) is 21.0. The van der Waals surface area contributed by atoms with Gasteiger partial charge in [-0.3, -0.25) is 14.8 Å². The topological polar surface area (TPSA) is 108 Å². The van der Waals surface area contributed by atoms with Gasteiger partial charge in [0, 0.05) is 35.6 Å². The van der Waals surface area contributed by atoms with Gasteiger partial charge in [-0.1, -0.05) is 6.92 Å². The summed E-state index contributed by atoms with van der Waals surface area (Å²) in [4.78, 5) is 17.8. The molecule has 0 spiro atoms. The summed E-state index contributed by atoms with van der Waals surface area (Å²) in [6, 6.07) is 10.5. The Morgan fingerprint density at radius 2 is 1.86 bits per heavy atom. The molecule has 0 unspecified atom stereocenters. The molecule has 0 bridgehead atoms. The minimum Gasteiger partial charge on any atom is -0.493 e. The van der Waals surface area contributed by atoms with Crippen molar-refractivity contribution in [2.75, 3.05) is 32.8 Å². The number of carbonyl (C=O) groups excluding carboxylic acids is 1. The van der Waals surface area contributed by atoms with Crippen molar-refractivity contribution in [3.8, 4) is 23.0 Å². The average molecular weight is 494 g/mol. The van der Waals surface area contributed by atoms with Gasteiger partial charge in [-0.2, -0.15) is 5.10 Å². The molecule has 1 aliphatic rings. The number of aryl methyl sites for hydroxylation is 2. The van der Waals surface area contributed by atoms with Crippen LogP contribution in [0.4, 0.5) is 5.69 Å². The van der Waals surface area contributed by atoms with Crippen molar-refractivity contribution >= 4 is 17.6 Å². The lowest BCUT2D eigenvalue weighted by Gasteiger charge is -2.19. The molecule has 0 saturated carbocycles. The molecule has 1 aromatic heterocycles. The Morgan fingerprint density at radius 1 is 1.08 bits per heavy atom. The number of aliphatic imine (C=N–C) groups is 1. The highest BCUT2D eigenvalue weighted by atomic mass is 16.6. The maximum Gasteiger partial charge on any atom is 0.258 e. The first-order valence-electron chi connectivity index (χ1n) is 11.8. The molecular weight excluding hydrogens is 462 g/mol. The zero-order chi connectivity index (χ0) is 25.5. The number of hydrogen-bond acceptors (Lipinski definition) is 7. The molecule has 10 heteroatoms. The van der Waals surface area contributed by atoms with Crippen LogP contribution in [0, 0.1) is 6.92 Å². The van der Waals surface area contributed by atoms with Crippen LogP contribution < -0.4 is 29.6 Å². The van der Waals surface area contributed by atoms with E-state index < -0.39 is 0 Å². The summed E-state index contributed by atoms with van der Waals surface area (Å²) in [7, 11) is 3.07. The highest BCUT2D eigenvalue weighted by molar-refractivity contribution is 6.10. The van der Waals surface area contributed by atoms with Gasteiger partial charge in [-0.25, -0.2) is 4.99 Å². The molecular formula is C26H31N5O5. The highest BCUT2D eigenvalue weighted by Gasteiger charge is 2.16. The normalized spacial score (nSPS) is 12.7. The summed E-state index contributed by atoms with van der Waals surface area (Å²) in [6.45, 7) is 6.23. The Morgan fingerprint density at radius 3 is 2.61 bits per heavy atom. The quantitative estimate of drug-likeness (QED) is 0.363. The van der Waals surface area contributed by atoms with E-state index in [-0.39, 0.29) is 11.9 Å². The maximum atomic E-state index is 13.1. The number of rotatable bonds is 8. The molecule has 0 fully saturated rings. The van der Waals surface area contributed by atoms with Crippen molar-refractivity contribution in [1.82, 2.24) is 15.1 Å². The Bertz CT molecular complexity index is 1250. The van der Waals surface area contributed by atoms with E-state index in [2.05, 4.69) is 27.6 Å². The molecule has 0 aliphatic carbocycles. The second-order valence-electron chi connectivity index (χ2n) is 8.17. The predicted molar refractivity (Wildman–Crippen MR) is 136 cm³/mol. The summed E-state index contributed by atoms with van der Waals surface area (Å²) >= 11 is 0. The first-order chi connectivity index (χ1) is 17.5. The zero-order valence-electron chi connectivity index (χ0n) is 21.0. The van der Waals surface area contributed by atoms with Crippen LogP contribution in [-0.4, -0.2) is 49.1 Å². The molecule has 10 nitrogen and oxygen atoms in total. The lowest BCUT2D eigenvalue weighted by atomic mass is 10.2. The SMILES string of the molecule is CCCn1cc(CN=C(NC(=O)c2ccc(OC)c(OC)c2)Nc2ccc3c(c2)OCCO3)c(C)n1. The van der Waals surface area contributed by atoms with E-state index in [1.54, 1.807) is 25.3 Å². The lowest BCUT2D eigenvalue weighted by Crippen LogP contribution is -2.36. The van der Waals surface area contributed by atoms with Crippen LogP contribution in [0.3, 0.4) is 0 Å². The summed E-state index contributed by atoms with van der Waals surface area (Å²) in [5, 5.41) is 10.6. The molecule has 0 saturated heterocycles. The van der Waals surface area contributed by atoms with Gasteiger partial charge in [0.05, 0.1) is 26.5 Å². The van der Waals surface area contributed by atoms with Gasteiger partial charge in [0.2, 0.25) is 5.96 Å². The van der Waals surface area contributed by atoms with Gasteiger partial charge >= 0.3 is 0 Å². The smallest absolute Gasteiger partial charge is 0.258 e. The molecule has 2 N–H and O–H groups in total. The van der Waals surface area contributed by atoms with E-state index in [4.69, 9.17) is 18.9 Å². The van der Waals surface area contributed by atoms with Crippen molar-refractivity contribution < 1.29 is 23.7 Å². The largest absolute Gasteiger partial charge is 0.493 e. The lowest BCUT2D eigenvalue weighted by molar-refractivity contribution is 0.0976. The second kappa shape index (κ2) is 11.5. The van der Waals surface area contributed by atoms with Gasteiger partial charge < -0.3 is 24.3 Å². The van der Waals surface area contributed by atoms with Crippen LogP contribution in [0.5, 0.6) is 23.0 Å². The van der Waals surface area contributed by atoms with Gasteiger partial charge in [0.1, 0.15) is 13.2 Å². The van der Waals surface area contributed by atoms with Gasteiger partial charge in [0.25, 0.3) is 5.91 Å². The first-order valence-corrected chi connectivity index (χ1v) is 11.8. The number of hydrogen-bond donors (Lipinski definition) is 2. The van der Waals surface area contributed by atoms with Crippen LogP contribution >= 0.6 is 0 Å². The van der Waals surface area contributed by atoms with E-state index in [9.17, 15) is 4.79 Å². The number of benzene rings is 2. The number of carbonyl (C=O) groups is 1. The molecule has 36 heavy (non-hydrogen) atoms. The predicted octanol–water partition coefficient (Wildman–Crippen LogP) is 3.79. The average Bonchev–Trinajstić information content (AvgIpc) is 3.25. The maximum absolute atomic E-state index is 13.1. The van der Waals surface area contributed by atoms with Crippen molar-refractivity contribution in [3.63, 3.8) is 0 Å². The van der Waals surface area contributed by atoms with Crippen molar-refractivity contribution in [1.29, 1.82) is 0 Å². The van der Waals surface area contributed by atoms with Crippen molar-refractivity contribution in [3.05, 3.63) is 59.4 Å². The monoisotopic (exact) mass is 493 g/mol. The number of fused-ring (bicyclic) bond motifs is 1. The highest BCUT2D eigenvalue weighted by Crippen LogP contribution is 2.32. The van der Waals surface area contributed by atoms with Crippen LogP contribution in [0.15, 0.2) is 47.6 Å². The Balaban J connectivity index is 1.58. The van der Waals surface area contributed by atoms with Crippen LogP contribution in [0.2, 0.25) is 0 Å². The summed E-state index contributed by atoms with van der Waals surface area (Å²) in [5.74, 6) is 2.25. The van der Waals surface area contributed by atoms with Crippen molar-refractivity contribution in [2.24, 2.45) is 4.99 Å². The number of aromatic nitrogens is 2. The van der Waals surface area contributed by atoms with Gasteiger partial charge in [0.15, 0.2) is 23.0 Å². The standard InChI is InChI=1S/C26H31N5O5/c1-5-10-31-16-19(17(2)30-31)15-27-26(28-20-7-9-22-24(14-20)36-12-11-35-22)29-25(32)18-6-8-21(33-3)23(13-18)34-4/h6-9,13-14,16H,5,10-12,15H2,1-4H3,(H2,27,28,29,32). The minimum absolute atomic E-state index is 0.286. The number of nitrogens with one attached hydrogen (secondary N) is 2. The third-order valence-corrected chi connectivity index (χ3v) is 5.59. The molecule has 3 aromatic rings. The number of ether oxygens (including phenoxy) is 4. The summed E-state index contributed by atoms with van der Waals surface area (Å²) in [5.41, 5.74) is 2.97. The van der Waals surface area contributed by atoms with Gasteiger partial charge in [-0.15, -0.1) is 0 Å². The molecule has 1 amide bonds. The second-order valence-corrected chi connectivity index (χ2v) is 8.17. The number of amides is 1.